The predicted molar refractivity (Wildman–Crippen MR) is 95.4 cm³/mol. The molecule has 1 aromatic heterocycles. The van der Waals surface area contributed by atoms with Crippen LogP contribution in [-0.4, -0.2) is 39.1 Å². The quantitative estimate of drug-likeness (QED) is 0.554. The number of aliphatic carboxylic acids is 1. The smallest absolute Gasteiger partial charge is 0.373 e. The molecule has 1 aliphatic rings. The third-order valence-electron chi connectivity index (χ3n) is 4.20. The van der Waals surface area contributed by atoms with Crippen molar-refractivity contribution in [3.63, 3.8) is 0 Å². The number of piperidine rings is 1. The van der Waals surface area contributed by atoms with Crippen LogP contribution in [0.5, 0.6) is 11.6 Å². The van der Waals surface area contributed by atoms with Gasteiger partial charge in [-0.3, -0.25) is 14.9 Å². The van der Waals surface area contributed by atoms with E-state index in [2.05, 4.69) is 25.9 Å². The summed E-state index contributed by atoms with van der Waals surface area (Å²) in [5.41, 5.74) is -0.492. The molecule has 27 heavy (non-hydrogen) atoms. The van der Waals surface area contributed by atoms with Crippen LogP contribution in [0, 0.1) is 21.8 Å². The maximum absolute atomic E-state index is 14.0. The van der Waals surface area contributed by atoms with Gasteiger partial charge in [-0.15, -0.1) is 0 Å². The van der Waals surface area contributed by atoms with Crippen molar-refractivity contribution in [1.29, 1.82) is 0 Å². The Morgan fingerprint density at radius 3 is 2.67 bits per heavy atom. The standard InChI is InChI=1S/C16H14BrFN4O5/c17-10-1-2-12(11(18)7-10)27-15-13(22(25)26)14(19-8-20-15)21-5-3-9(4-6-21)16(23)24/h1-2,7-9H,3-6H2,(H,23,24). The molecule has 2 aromatic rings. The Morgan fingerprint density at radius 2 is 2.07 bits per heavy atom. The summed E-state index contributed by atoms with van der Waals surface area (Å²) in [6.45, 7) is 0.585. The fourth-order valence-corrected chi connectivity index (χ4v) is 3.15. The Bertz CT molecular complexity index is 889. The first-order valence-electron chi connectivity index (χ1n) is 7.97. The van der Waals surface area contributed by atoms with Crippen LogP contribution in [0.1, 0.15) is 12.8 Å². The van der Waals surface area contributed by atoms with Crippen LogP contribution >= 0.6 is 15.9 Å². The molecule has 11 heteroatoms. The third kappa shape index (κ3) is 4.13. The van der Waals surface area contributed by atoms with Crippen LogP contribution in [0.2, 0.25) is 0 Å². The van der Waals surface area contributed by atoms with Gasteiger partial charge >= 0.3 is 17.5 Å². The summed E-state index contributed by atoms with van der Waals surface area (Å²) in [5, 5.41) is 20.7. The lowest BCUT2D eigenvalue weighted by molar-refractivity contribution is -0.385. The number of hydrogen-bond donors (Lipinski definition) is 1. The summed E-state index contributed by atoms with van der Waals surface area (Å²) in [5.74, 6) is -2.66. The number of benzene rings is 1. The Morgan fingerprint density at radius 1 is 1.37 bits per heavy atom. The first kappa shape index (κ1) is 19.0. The predicted octanol–water partition coefficient (Wildman–Crippen LogP) is 3.38. The molecule has 0 aliphatic carbocycles. The maximum atomic E-state index is 14.0. The number of carboxylic acid groups (broad SMARTS) is 1. The van der Waals surface area contributed by atoms with Gasteiger partial charge in [-0.1, -0.05) is 15.9 Å². The maximum Gasteiger partial charge on any atom is 0.373 e. The molecule has 0 amide bonds. The van der Waals surface area contributed by atoms with Gasteiger partial charge in [0.1, 0.15) is 6.33 Å². The molecule has 3 rings (SSSR count). The number of carbonyl (C=O) groups is 1. The van der Waals surface area contributed by atoms with E-state index in [4.69, 9.17) is 9.84 Å². The van der Waals surface area contributed by atoms with Crippen molar-refractivity contribution in [2.24, 2.45) is 5.92 Å². The molecule has 9 nitrogen and oxygen atoms in total. The number of rotatable bonds is 5. The normalized spacial score (nSPS) is 14.8. The average molecular weight is 441 g/mol. The molecule has 0 radical (unpaired) electrons. The van der Waals surface area contributed by atoms with E-state index in [0.717, 1.165) is 6.33 Å². The highest BCUT2D eigenvalue weighted by Gasteiger charge is 2.32. The van der Waals surface area contributed by atoms with Crippen molar-refractivity contribution >= 4 is 33.4 Å². The zero-order valence-electron chi connectivity index (χ0n) is 13.8. The van der Waals surface area contributed by atoms with Gasteiger partial charge in [-0.2, -0.15) is 4.98 Å². The second-order valence-corrected chi connectivity index (χ2v) is 6.80. The van der Waals surface area contributed by atoms with E-state index < -0.39 is 28.3 Å². The van der Waals surface area contributed by atoms with Crippen molar-refractivity contribution < 1.29 is 24.0 Å². The molecule has 0 saturated carbocycles. The minimum absolute atomic E-state index is 0.0198. The van der Waals surface area contributed by atoms with Crippen molar-refractivity contribution in [2.75, 3.05) is 18.0 Å². The van der Waals surface area contributed by atoms with Gasteiger partial charge in [0.05, 0.1) is 10.8 Å². The van der Waals surface area contributed by atoms with Crippen molar-refractivity contribution in [3.8, 4) is 11.6 Å². The first-order valence-corrected chi connectivity index (χ1v) is 8.76. The Kier molecular flexibility index (Phi) is 5.49. The fraction of sp³-hybridized carbons (Fsp3) is 0.312. The summed E-state index contributed by atoms with van der Waals surface area (Å²) < 4.78 is 19.8. The minimum atomic E-state index is -0.887. The number of hydrogen-bond acceptors (Lipinski definition) is 7. The molecule has 0 unspecified atom stereocenters. The molecule has 0 bridgehead atoms. The van der Waals surface area contributed by atoms with E-state index in [0.29, 0.717) is 30.4 Å². The monoisotopic (exact) mass is 440 g/mol. The lowest BCUT2D eigenvalue weighted by Crippen LogP contribution is -2.37. The summed E-state index contributed by atoms with van der Waals surface area (Å²) in [6, 6.07) is 4.02. The second kappa shape index (κ2) is 7.82. The van der Waals surface area contributed by atoms with Gasteiger partial charge in [-0.05, 0) is 31.0 Å². The molecule has 1 aromatic carbocycles. The molecule has 0 atom stereocenters. The van der Waals surface area contributed by atoms with Gasteiger partial charge < -0.3 is 14.7 Å². The zero-order valence-corrected chi connectivity index (χ0v) is 15.4. The molecule has 1 fully saturated rings. The van der Waals surface area contributed by atoms with E-state index in [9.17, 15) is 19.3 Å². The molecular formula is C16H14BrFN4O5. The van der Waals surface area contributed by atoms with Crippen LogP contribution in [0.4, 0.5) is 15.9 Å². The fourth-order valence-electron chi connectivity index (χ4n) is 2.82. The number of anilines is 1. The molecular weight excluding hydrogens is 427 g/mol. The highest BCUT2D eigenvalue weighted by atomic mass is 79.9. The average Bonchev–Trinajstić information content (AvgIpc) is 2.63. The van der Waals surface area contributed by atoms with Crippen LogP contribution in [0.15, 0.2) is 29.0 Å². The Labute approximate surface area is 161 Å². The summed E-state index contributed by atoms with van der Waals surface area (Å²) in [6.07, 6.45) is 1.78. The van der Waals surface area contributed by atoms with E-state index >= 15 is 0 Å². The minimum Gasteiger partial charge on any atom is -0.481 e. The molecule has 0 spiro atoms. The van der Waals surface area contributed by atoms with Gasteiger partial charge in [0.15, 0.2) is 11.6 Å². The Hall–Kier alpha value is -2.82. The van der Waals surface area contributed by atoms with Gasteiger partial charge in [-0.25, -0.2) is 9.37 Å². The molecule has 1 aliphatic heterocycles. The van der Waals surface area contributed by atoms with Crippen LogP contribution in [-0.2, 0) is 4.79 Å². The summed E-state index contributed by atoms with van der Waals surface area (Å²) >= 11 is 3.12. The zero-order chi connectivity index (χ0) is 19.6. The van der Waals surface area contributed by atoms with Crippen LogP contribution < -0.4 is 9.64 Å². The Balaban J connectivity index is 1.91. The molecule has 1 N–H and O–H groups in total. The van der Waals surface area contributed by atoms with Crippen molar-refractivity contribution in [3.05, 3.63) is 44.9 Å². The van der Waals surface area contributed by atoms with Crippen molar-refractivity contribution in [1.82, 2.24) is 9.97 Å². The largest absolute Gasteiger partial charge is 0.481 e. The van der Waals surface area contributed by atoms with E-state index in [1.54, 1.807) is 4.90 Å². The highest BCUT2D eigenvalue weighted by Crippen LogP contribution is 2.38. The lowest BCUT2D eigenvalue weighted by atomic mass is 9.97. The number of halogens is 2. The van der Waals surface area contributed by atoms with Crippen LogP contribution in [0.3, 0.4) is 0 Å². The molecule has 142 valence electrons. The SMILES string of the molecule is O=C(O)C1CCN(c2ncnc(Oc3ccc(Br)cc3F)c2[N+](=O)[O-])CC1. The van der Waals surface area contributed by atoms with Gasteiger partial charge in [0.2, 0.25) is 5.82 Å². The number of nitrogens with zero attached hydrogens (tertiary/aromatic N) is 4. The van der Waals surface area contributed by atoms with E-state index in [1.807, 2.05) is 0 Å². The highest BCUT2D eigenvalue weighted by molar-refractivity contribution is 9.10. The summed E-state index contributed by atoms with van der Waals surface area (Å²) in [4.78, 5) is 31.4. The van der Waals surface area contributed by atoms with Crippen molar-refractivity contribution in [2.45, 2.75) is 12.8 Å². The lowest BCUT2D eigenvalue weighted by Gasteiger charge is -2.30. The van der Waals surface area contributed by atoms with Gasteiger partial charge in [0, 0.05) is 17.6 Å². The number of carboxylic acids is 1. The topological polar surface area (TPSA) is 119 Å². The van der Waals surface area contributed by atoms with E-state index in [1.165, 1.54) is 18.2 Å². The third-order valence-corrected chi connectivity index (χ3v) is 4.69. The number of nitro groups is 1. The molecule has 1 saturated heterocycles. The van der Waals surface area contributed by atoms with E-state index in [-0.39, 0.29) is 17.4 Å². The summed E-state index contributed by atoms with van der Waals surface area (Å²) in [7, 11) is 0. The van der Waals surface area contributed by atoms with Gasteiger partial charge in [0.25, 0.3) is 0 Å². The van der Waals surface area contributed by atoms with Crippen LogP contribution in [0.25, 0.3) is 0 Å². The second-order valence-electron chi connectivity index (χ2n) is 5.88. The number of ether oxygens (including phenoxy) is 1. The number of aromatic nitrogens is 2. The first-order chi connectivity index (χ1) is 12.9. The molecule has 2 heterocycles.